The van der Waals surface area contributed by atoms with E-state index in [1.54, 1.807) is 37.3 Å². The van der Waals surface area contributed by atoms with Gasteiger partial charge in [0.15, 0.2) is 0 Å². The van der Waals surface area contributed by atoms with E-state index in [0.717, 1.165) is 0 Å². The molecule has 0 saturated heterocycles. The first kappa shape index (κ1) is 19.6. The summed E-state index contributed by atoms with van der Waals surface area (Å²) in [6, 6.07) is 15.6. The fourth-order valence-electron chi connectivity index (χ4n) is 2.05. The van der Waals surface area contributed by atoms with Gasteiger partial charge < -0.3 is 25.4 Å². The minimum Gasteiger partial charge on any atom is -0.478 e. The number of carboxylic acid groups (broad SMARTS) is 1. The molecule has 2 atom stereocenters. The van der Waals surface area contributed by atoms with Gasteiger partial charge >= 0.3 is 5.97 Å². The van der Waals surface area contributed by atoms with Gasteiger partial charge in [-0.3, -0.25) is 0 Å². The van der Waals surface area contributed by atoms with Crippen LogP contribution in [0, 0.1) is 0 Å². The first-order valence-corrected chi connectivity index (χ1v) is 7.30. The third-order valence-corrected chi connectivity index (χ3v) is 3.59. The van der Waals surface area contributed by atoms with E-state index in [4.69, 9.17) is 20.3 Å². The molecule has 0 aliphatic heterocycles. The van der Waals surface area contributed by atoms with E-state index in [2.05, 4.69) is 0 Å². The number of hydrogen-bond donors (Lipinski definition) is 3. The maximum absolute atomic E-state index is 10.3. The van der Waals surface area contributed by atoms with E-state index in [9.17, 15) is 9.90 Å². The summed E-state index contributed by atoms with van der Waals surface area (Å²) in [6.45, 7) is 1.76. The third kappa shape index (κ3) is 4.79. The Morgan fingerprint density at radius 3 is 2.04 bits per heavy atom. The first-order valence-electron chi connectivity index (χ1n) is 7.30. The molecule has 4 N–H and O–H groups in total. The number of para-hydroxylation sites is 1. The molecule has 0 heterocycles. The summed E-state index contributed by atoms with van der Waals surface area (Å²) in [4.78, 5) is 10.3. The number of hydrogen-bond acceptors (Lipinski definition) is 5. The molecule has 0 bridgehead atoms. The van der Waals surface area contributed by atoms with Gasteiger partial charge in [-0.25, -0.2) is 4.79 Å². The molecule has 2 rings (SSSR count). The smallest absolute Gasteiger partial charge is 0.337 e. The molecule has 0 radical (unpaired) electrons. The molecule has 0 fully saturated rings. The highest BCUT2D eigenvalue weighted by atomic mass is 16.6. The number of carboxylic acids is 1. The molecule has 130 valence electrons. The maximum atomic E-state index is 10.3. The molecule has 24 heavy (non-hydrogen) atoms. The fraction of sp³-hybridized carbons (Fsp3) is 0.278. The molecule has 6 heteroatoms. The summed E-state index contributed by atoms with van der Waals surface area (Å²) in [5.74, 6) is -2.37. The summed E-state index contributed by atoms with van der Waals surface area (Å²) < 4.78 is 10.2. The summed E-state index contributed by atoms with van der Waals surface area (Å²) in [5, 5.41) is 18.7. The van der Waals surface area contributed by atoms with Gasteiger partial charge in [0.25, 0.3) is 0 Å². The number of aliphatic hydroxyl groups is 1. The number of anilines is 1. The Labute approximate surface area is 141 Å². The van der Waals surface area contributed by atoms with Crippen LogP contribution < -0.4 is 5.73 Å². The van der Waals surface area contributed by atoms with Crippen molar-refractivity contribution in [2.75, 3.05) is 20.0 Å². The molecule has 0 spiro atoms. The summed E-state index contributed by atoms with van der Waals surface area (Å²) in [7, 11) is 3.00. The molecule has 2 aromatic rings. The Hall–Kier alpha value is -2.41. The largest absolute Gasteiger partial charge is 0.478 e. The van der Waals surface area contributed by atoms with Crippen molar-refractivity contribution in [3.05, 3.63) is 65.7 Å². The van der Waals surface area contributed by atoms with Gasteiger partial charge in [0, 0.05) is 25.5 Å². The van der Waals surface area contributed by atoms with Crippen molar-refractivity contribution in [3.8, 4) is 0 Å². The van der Waals surface area contributed by atoms with E-state index < -0.39 is 17.9 Å². The van der Waals surface area contributed by atoms with Gasteiger partial charge in [0.05, 0.1) is 5.56 Å². The number of rotatable bonds is 5. The lowest BCUT2D eigenvalue weighted by Crippen LogP contribution is -2.40. The van der Waals surface area contributed by atoms with Crippen LogP contribution in [0.25, 0.3) is 0 Å². The van der Waals surface area contributed by atoms with Crippen LogP contribution in [0.15, 0.2) is 54.6 Å². The zero-order valence-corrected chi connectivity index (χ0v) is 14.0. The maximum Gasteiger partial charge on any atom is 0.337 e. The average Bonchev–Trinajstić information content (AvgIpc) is 2.61. The number of ether oxygens (including phenoxy) is 2. The minimum atomic E-state index is -1.38. The first-order chi connectivity index (χ1) is 11.4. The second-order valence-electron chi connectivity index (χ2n) is 5.04. The van der Waals surface area contributed by atoms with E-state index in [-0.39, 0.29) is 5.56 Å². The Morgan fingerprint density at radius 2 is 1.62 bits per heavy atom. The molecule has 0 aliphatic carbocycles. The predicted octanol–water partition coefficient (Wildman–Crippen LogP) is 2.48. The monoisotopic (exact) mass is 333 g/mol. The van der Waals surface area contributed by atoms with Crippen LogP contribution in [0.3, 0.4) is 0 Å². The molecule has 0 aliphatic rings. The van der Waals surface area contributed by atoms with Crippen molar-refractivity contribution in [3.63, 3.8) is 0 Å². The van der Waals surface area contributed by atoms with Crippen LogP contribution >= 0.6 is 0 Å². The molecule has 0 saturated carbocycles. The number of nitrogen functional groups attached to an aromatic ring is 1. The second kappa shape index (κ2) is 9.02. The number of carbonyl (C=O) groups is 1. The van der Waals surface area contributed by atoms with Crippen LogP contribution in [0.2, 0.25) is 0 Å². The van der Waals surface area contributed by atoms with Crippen molar-refractivity contribution in [1.29, 1.82) is 0 Å². The number of nitrogens with two attached hydrogens (primary N) is 1. The predicted molar refractivity (Wildman–Crippen MR) is 91.6 cm³/mol. The number of methoxy groups -OCH3 is 2. The van der Waals surface area contributed by atoms with Crippen LogP contribution in [0.5, 0.6) is 0 Å². The second-order valence-corrected chi connectivity index (χ2v) is 5.04. The highest BCUT2D eigenvalue weighted by Gasteiger charge is 2.35. The lowest BCUT2D eigenvalue weighted by molar-refractivity contribution is -0.253. The van der Waals surface area contributed by atoms with E-state index in [1.807, 2.05) is 18.2 Å². The summed E-state index contributed by atoms with van der Waals surface area (Å²) in [5.41, 5.74) is 6.49. The number of benzene rings is 2. The summed E-state index contributed by atoms with van der Waals surface area (Å²) >= 11 is 0. The lowest BCUT2D eigenvalue weighted by Gasteiger charge is -2.31. The Balaban J connectivity index is 0.000000254. The zero-order chi connectivity index (χ0) is 18.2. The van der Waals surface area contributed by atoms with Gasteiger partial charge in [0.1, 0.15) is 6.10 Å². The van der Waals surface area contributed by atoms with Gasteiger partial charge in [-0.05, 0) is 19.1 Å². The van der Waals surface area contributed by atoms with Crippen molar-refractivity contribution in [2.24, 2.45) is 0 Å². The van der Waals surface area contributed by atoms with Crippen LogP contribution in [0.4, 0.5) is 5.69 Å². The van der Waals surface area contributed by atoms with E-state index in [1.165, 1.54) is 20.3 Å². The van der Waals surface area contributed by atoms with Crippen molar-refractivity contribution < 1.29 is 24.5 Å². The molecule has 2 unspecified atom stereocenters. The molecular formula is C18H23NO5. The molecule has 6 nitrogen and oxygen atoms in total. The summed E-state index contributed by atoms with van der Waals surface area (Å²) in [6.07, 6.45) is -0.421. The topological polar surface area (TPSA) is 102 Å². The van der Waals surface area contributed by atoms with E-state index in [0.29, 0.717) is 11.3 Å². The van der Waals surface area contributed by atoms with Gasteiger partial charge in [-0.15, -0.1) is 0 Å². The molecular weight excluding hydrogens is 310 g/mol. The highest BCUT2D eigenvalue weighted by Crippen LogP contribution is 2.27. The fourth-order valence-corrected chi connectivity index (χ4v) is 2.05. The molecule has 0 aromatic heterocycles. The van der Waals surface area contributed by atoms with Crippen LogP contribution in [0.1, 0.15) is 22.8 Å². The van der Waals surface area contributed by atoms with Gasteiger partial charge in [0.2, 0.25) is 5.79 Å². The normalized spacial score (nSPS) is 14.0. The van der Waals surface area contributed by atoms with Crippen molar-refractivity contribution >= 4 is 11.7 Å². The SMILES string of the molecule is COC(C)C(O)(OC)c1ccccc1.Nc1ccccc1C(=O)O. The third-order valence-electron chi connectivity index (χ3n) is 3.59. The van der Waals surface area contributed by atoms with Crippen molar-refractivity contribution in [2.45, 2.75) is 18.8 Å². The Bertz CT molecular complexity index is 647. The van der Waals surface area contributed by atoms with E-state index >= 15 is 0 Å². The lowest BCUT2D eigenvalue weighted by atomic mass is 10.0. The minimum absolute atomic E-state index is 0.155. The number of aromatic carboxylic acids is 1. The average molecular weight is 333 g/mol. The molecule has 0 amide bonds. The van der Waals surface area contributed by atoms with Crippen molar-refractivity contribution in [1.82, 2.24) is 0 Å². The molecule has 2 aromatic carbocycles. The zero-order valence-electron chi connectivity index (χ0n) is 14.0. The standard InChI is InChI=1S/C11H16O3.C7H7NO2/c1-9(13-2)11(12,14-3)10-7-5-4-6-8-10;8-6-4-2-1-3-5(6)7(9)10/h4-9,12H,1-3H3;1-4H,8H2,(H,9,10). The van der Waals surface area contributed by atoms with Crippen LogP contribution in [-0.4, -0.2) is 36.5 Å². The highest BCUT2D eigenvalue weighted by molar-refractivity contribution is 5.93. The van der Waals surface area contributed by atoms with Gasteiger partial charge in [-0.1, -0.05) is 42.5 Å². The van der Waals surface area contributed by atoms with Gasteiger partial charge in [-0.2, -0.15) is 0 Å². The Morgan fingerprint density at radius 1 is 1.08 bits per heavy atom. The Kier molecular flexibility index (Phi) is 7.38. The quantitative estimate of drug-likeness (QED) is 0.574. The van der Waals surface area contributed by atoms with Crippen LogP contribution in [-0.2, 0) is 15.3 Å².